The Kier molecular flexibility index (Phi) is 4.05. The maximum atomic E-state index is 5.29. The quantitative estimate of drug-likeness (QED) is 0.550. The number of rotatable bonds is 4. The van der Waals surface area contributed by atoms with E-state index in [9.17, 15) is 0 Å². The van der Waals surface area contributed by atoms with Crippen molar-refractivity contribution in [2.45, 2.75) is 6.92 Å². The fourth-order valence-electron chi connectivity index (χ4n) is 3.06. The number of fused-ring (bicyclic) bond motifs is 1. The maximum Gasteiger partial charge on any atom is 0.155 e. The zero-order chi connectivity index (χ0) is 18.1. The van der Waals surface area contributed by atoms with Crippen LogP contribution < -0.4 is 9.47 Å². The highest BCUT2D eigenvalue weighted by atomic mass is 16.5. The van der Waals surface area contributed by atoms with Gasteiger partial charge in [-0.2, -0.15) is 5.10 Å². The van der Waals surface area contributed by atoms with Gasteiger partial charge in [0.25, 0.3) is 0 Å². The first kappa shape index (κ1) is 16.1. The van der Waals surface area contributed by atoms with Gasteiger partial charge in [0.15, 0.2) is 5.65 Å². The molecule has 0 N–H and O–H groups in total. The maximum absolute atomic E-state index is 5.29. The van der Waals surface area contributed by atoms with Gasteiger partial charge >= 0.3 is 0 Å². The molecule has 0 saturated carbocycles. The number of hydrogen-bond acceptors (Lipinski definition) is 4. The summed E-state index contributed by atoms with van der Waals surface area (Å²) in [6.45, 7) is 1.97. The molecule has 0 atom stereocenters. The molecule has 0 aliphatic carbocycles. The molecule has 0 aliphatic heterocycles. The van der Waals surface area contributed by atoms with Gasteiger partial charge in [0.1, 0.15) is 11.5 Å². The van der Waals surface area contributed by atoms with Crippen molar-refractivity contribution in [3.8, 4) is 33.9 Å². The number of aryl methyl sites for hydroxylation is 1. The van der Waals surface area contributed by atoms with Crippen molar-refractivity contribution in [3.63, 3.8) is 0 Å². The highest BCUT2D eigenvalue weighted by Crippen LogP contribution is 2.33. The molecular formula is C21H19N3O2. The third-order valence-electron chi connectivity index (χ3n) is 4.37. The van der Waals surface area contributed by atoms with Crippen LogP contribution >= 0.6 is 0 Å². The van der Waals surface area contributed by atoms with E-state index in [1.165, 1.54) is 0 Å². The van der Waals surface area contributed by atoms with Crippen LogP contribution in [0.1, 0.15) is 5.69 Å². The van der Waals surface area contributed by atoms with Crippen molar-refractivity contribution < 1.29 is 9.47 Å². The molecule has 0 saturated heterocycles. The molecule has 0 amide bonds. The lowest BCUT2D eigenvalue weighted by Gasteiger charge is -2.13. The average molecular weight is 345 g/mol. The summed E-state index contributed by atoms with van der Waals surface area (Å²) < 4.78 is 12.5. The Morgan fingerprint density at radius 1 is 0.808 bits per heavy atom. The number of ether oxygens (including phenoxy) is 2. The number of benzene rings is 2. The molecule has 2 heterocycles. The second-order valence-corrected chi connectivity index (χ2v) is 6.03. The summed E-state index contributed by atoms with van der Waals surface area (Å²) >= 11 is 0. The summed E-state index contributed by atoms with van der Waals surface area (Å²) in [5, 5.41) is 4.65. The minimum atomic E-state index is 0.821. The molecule has 5 heteroatoms. The van der Waals surface area contributed by atoms with E-state index in [0.717, 1.165) is 45.2 Å². The number of methoxy groups -OCH3 is 2. The summed E-state index contributed by atoms with van der Waals surface area (Å²) in [5.41, 5.74) is 5.86. The monoisotopic (exact) mass is 345 g/mol. The lowest BCUT2D eigenvalue weighted by molar-refractivity contribution is 0.414. The molecule has 4 rings (SSSR count). The van der Waals surface area contributed by atoms with Crippen molar-refractivity contribution in [1.82, 2.24) is 14.6 Å². The Balaban J connectivity index is 1.96. The van der Waals surface area contributed by atoms with E-state index in [2.05, 4.69) is 10.1 Å². The van der Waals surface area contributed by atoms with Crippen molar-refractivity contribution in [2.75, 3.05) is 14.2 Å². The zero-order valence-corrected chi connectivity index (χ0v) is 14.9. The van der Waals surface area contributed by atoms with E-state index in [4.69, 9.17) is 9.47 Å². The van der Waals surface area contributed by atoms with Crippen LogP contribution in [0.25, 0.3) is 28.0 Å². The normalized spacial score (nSPS) is 10.9. The van der Waals surface area contributed by atoms with Gasteiger partial charge in [-0.1, -0.05) is 12.1 Å². The van der Waals surface area contributed by atoms with E-state index >= 15 is 0 Å². The molecule has 0 aliphatic rings. The molecule has 130 valence electrons. The lowest BCUT2D eigenvalue weighted by atomic mass is 10.0. The minimum Gasteiger partial charge on any atom is -0.497 e. The van der Waals surface area contributed by atoms with Crippen LogP contribution in [0.4, 0.5) is 0 Å². The standard InChI is InChI=1S/C21H19N3O2/c1-14-12-20-22-13-19(15-4-8-17(25-2)9-5-15)21(24(20)23-14)16-6-10-18(26-3)11-7-16/h4-13H,1-3H3. The van der Waals surface area contributed by atoms with Crippen LogP contribution in [-0.2, 0) is 0 Å². The van der Waals surface area contributed by atoms with Gasteiger partial charge in [0, 0.05) is 23.4 Å². The van der Waals surface area contributed by atoms with E-state index in [1.54, 1.807) is 14.2 Å². The Labute approximate surface area is 151 Å². The summed E-state index contributed by atoms with van der Waals surface area (Å²) in [6.07, 6.45) is 1.90. The summed E-state index contributed by atoms with van der Waals surface area (Å²) in [6, 6.07) is 17.9. The molecule has 0 radical (unpaired) electrons. The van der Waals surface area contributed by atoms with Gasteiger partial charge in [-0.25, -0.2) is 9.50 Å². The zero-order valence-electron chi connectivity index (χ0n) is 14.9. The molecule has 5 nitrogen and oxygen atoms in total. The van der Waals surface area contributed by atoms with E-state index in [-0.39, 0.29) is 0 Å². The van der Waals surface area contributed by atoms with Gasteiger partial charge in [0.2, 0.25) is 0 Å². The van der Waals surface area contributed by atoms with Crippen molar-refractivity contribution in [1.29, 1.82) is 0 Å². The first-order valence-corrected chi connectivity index (χ1v) is 8.34. The average Bonchev–Trinajstić information content (AvgIpc) is 3.07. The molecule has 0 unspecified atom stereocenters. The molecule has 0 spiro atoms. The Morgan fingerprint density at radius 3 is 1.96 bits per heavy atom. The molecule has 4 aromatic rings. The largest absolute Gasteiger partial charge is 0.497 e. The topological polar surface area (TPSA) is 48.7 Å². The second kappa shape index (κ2) is 6.52. The van der Waals surface area contributed by atoms with Crippen LogP contribution in [0.2, 0.25) is 0 Å². The number of aromatic nitrogens is 3. The predicted octanol–water partition coefficient (Wildman–Crippen LogP) is 4.39. The third-order valence-corrected chi connectivity index (χ3v) is 4.37. The van der Waals surface area contributed by atoms with Gasteiger partial charge in [-0.15, -0.1) is 0 Å². The first-order valence-electron chi connectivity index (χ1n) is 8.34. The molecule has 26 heavy (non-hydrogen) atoms. The highest BCUT2D eigenvalue weighted by Gasteiger charge is 2.15. The van der Waals surface area contributed by atoms with Crippen LogP contribution in [0.3, 0.4) is 0 Å². The number of hydrogen-bond donors (Lipinski definition) is 0. The van der Waals surface area contributed by atoms with E-state index < -0.39 is 0 Å². The number of nitrogens with zero attached hydrogens (tertiary/aromatic N) is 3. The fraction of sp³-hybridized carbons (Fsp3) is 0.143. The molecule has 0 bridgehead atoms. The SMILES string of the molecule is COc1ccc(-c2cnc3cc(C)nn3c2-c2ccc(OC)cc2)cc1. The summed E-state index contributed by atoms with van der Waals surface area (Å²) in [5.74, 6) is 1.64. The first-order chi connectivity index (χ1) is 12.7. The Morgan fingerprint density at radius 2 is 1.38 bits per heavy atom. The van der Waals surface area contributed by atoms with Gasteiger partial charge in [-0.05, 0) is 48.9 Å². The molecular weight excluding hydrogens is 326 g/mol. The van der Waals surface area contributed by atoms with Gasteiger partial charge < -0.3 is 9.47 Å². The second-order valence-electron chi connectivity index (χ2n) is 6.03. The van der Waals surface area contributed by atoms with Crippen LogP contribution in [-0.4, -0.2) is 28.8 Å². The summed E-state index contributed by atoms with van der Waals surface area (Å²) in [7, 11) is 3.33. The van der Waals surface area contributed by atoms with E-state index in [1.807, 2.05) is 72.2 Å². The van der Waals surface area contributed by atoms with Crippen molar-refractivity contribution in [2.24, 2.45) is 0 Å². The molecule has 0 fully saturated rings. The van der Waals surface area contributed by atoms with Crippen LogP contribution in [0, 0.1) is 6.92 Å². The predicted molar refractivity (Wildman–Crippen MR) is 102 cm³/mol. The van der Waals surface area contributed by atoms with E-state index in [0.29, 0.717) is 0 Å². The van der Waals surface area contributed by atoms with Crippen LogP contribution in [0.5, 0.6) is 11.5 Å². The lowest BCUT2D eigenvalue weighted by Crippen LogP contribution is -2.00. The highest BCUT2D eigenvalue weighted by molar-refractivity contribution is 5.82. The van der Waals surface area contributed by atoms with Crippen LogP contribution in [0.15, 0.2) is 60.8 Å². The Hall–Kier alpha value is -3.34. The third kappa shape index (κ3) is 2.77. The molecule has 2 aromatic heterocycles. The molecule has 2 aromatic carbocycles. The minimum absolute atomic E-state index is 0.821. The van der Waals surface area contributed by atoms with Crippen molar-refractivity contribution >= 4 is 5.65 Å². The summed E-state index contributed by atoms with van der Waals surface area (Å²) in [4.78, 5) is 4.59. The fourth-order valence-corrected chi connectivity index (χ4v) is 3.06. The van der Waals surface area contributed by atoms with Crippen molar-refractivity contribution in [3.05, 3.63) is 66.5 Å². The van der Waals surface area contributed by atoms with Gasteiger partial charge in [0.05, 0.1) is 25.6 Å². The smallest absolute Gasteiger partial charge is 0.155 e. The Bertz CT molecular complexity index is 1050. The van der Waals surface area contributed by atoms with Gasteiger partial charge in [-0.3, -0.25) is 0 Å².